The van der Waals surface area contributed by atoms with E-state index in [1.165, 1.54) is 0 Å². The Morgan fingerprint density at radius 3 is 2.40 bits per heavy atom. The fourth-order valence-electron chi connectivity index (χ4n) is 1.64. The zero-order valence-electron chi connectivity index (χ0n) is 8.47. The minimum Gasteiger partial charge on any atom is -0.355 e. The molecule has 90 valence electrons. The van der Waals surface area contributed by atoms with E-state index in [-0.39, 0.29) is 49.9 Å². The topological polar surface area (TPSA) is 55.1 Å². The number of hydrogen-bond acceptors (Lipinski definition) is 2. The number of carbonyl (C=O) groups is 1. The van der Waals surface area contributed by atoms with E-state index in [1.807, 2.05) is 0 Å². The fraction of sp³-hybridized carbons (Fsp3) is 0.889. The Morgan fingerprint density at radius 2 is 1.93 bits per heavy atom. The van der Waals surface area contributed by atoms with Crippen LogP contribution in [0.2, 0.25) is 0 Å². The number of amides is 1. The smallest absolute Gasteiger partial charge is 0.248 e. The number of halogens is 3. The number of alkyl halides is 2. The molecule has 0 bridgehead atoms. The lowest BCUT2D eigenvalue weighted by Gasteiger charge is -2.27. The predicted molar refractivity (Wildman–Crippen MR) is 56.2 cm³/mol. The summed E-state index contributed by atoms with van der Waals surface area (Å²) in [7, 11) is 0. The zero-order chi connectivity index (χ0) is 10.6. The van der Waals surface area contributed by atoms with Crippen LogP contribution in [0.3, 0.4) is 0 Å². The summed E-state index contributed by atoms with van der Waals surface area (Å²) in [6, 6.07) is 0. The molecule has 0 aromatic carbocycles. The lowest BCUT2D eigenvalue weighted by Crippen LogP contribution is -2.37. The van der Waals surface area contributed by atoms with E-state index < -0.39 is 5.92 Å². The van der Waals surface area contributed by atoms with Crippen LogP contribution in [0.15, 0.2) is 0 Å². The third-order valence-corrected chi connectivity index (χ3v) is 2.53. The first kappa shape index (κ1) is 14.6. The Morgan fingerprint density at radius 1 is 1.40 bits per heavy atom. The highest BCUT2D eigenvalue weighted by Crippen LogP contribution is 2.35. The Hall–Kier alpha value is -0.420. The van der Waals surface area contributed by atoms with E-state index in [0.717, 1.165) is 0 Å². The number of rotatable bonds is 3. The summed E-state index contributed by atoms with van der Waals surface area (Å²) < 4.78 is 25.5. The second kappa shape index (κ2) is 6.23. The van der Waals surface area contributed by atoms with Gasteiger partial charge in [0.25, 0.3) is 0 Å². The summed E-state index contributed by atoms with van der Waals surface area (Å²) in [6.07, 6.45) is 0.217. The third kappa shape index (κ3) is 4.75. The average molecular weight is 243 g/mol. The minimum atomic E-state index is -2.56. The third-order valence-electron chi connectivity index (χ3n) is 2.53. The lowest BCUT2D eigenvalue weighted by molar-refractivity contribution is -0.129. The average Bonchev–Trinajstić information content (AvgIpc) is 2.14. The second-order valence-corrected chi connectivity index (χ2v) is 3.71. The van der Waals surface area contributed by atoms with Crippen LogP contribution in [0.1, 0.15) is 25.7 Å². The molecule has 0 unspecified atom stereocenters. The molecule has 1 saturated carbocycles. The van der Waals surface area contributed by atoms with E-state index in [9.17, 15) is 13.6 Å². The van der Waals surface area contributed by atoms with Gasteiger partial charge in [0.15, 0.2) is 0 Å². The first-order valence-corrected chi connectivity index (χ1v) is 4.91. The molecule has 3 N–H and O–H groups in total. The summed E-state index contributed by atoms with van der Waals surface area (Å²) in [6.45, 7) is 0.806. The molecular formula is C9H17ClF2N2O. The normalized spacial score (nSPS) is 20.5. The monoisotopic (exact) mass is 242 g/mol. The van der Waals surface area contributed by atoms with Gasteiger partial charge < -0.3 is 11.1 Å². The zero-order valence-corrected chi connectivity index (χ0v) is 9.29. The minimum absolute atomic E-state index is 0. The molecule has 0 aromatic rings. The molecule has 0 aliphatic heterocycles. The highest BCUT2D eigenvalue weighted by atomic mass is 35.5. The number of hydrogen-bond donors (Lipinski definition) is 2. The molecule has 1 amide bonds. The Labute approximate surface area is 94.2 Å². The summed E-state index contributed by atoms with van der Waals surface area (Å²) in [5, 5.41) is 2.62. The molecule has 6 heteroatoms. The fourth-order valence-corrected chi connectivity index (χ4v) is 1.64. The van der Waals surface area contributed by atoms with Crippen LogP contribution in [0.5, 0.6) is 0 Å². The van der Waals surface area contributed by atoms with Gasteiger partial charge in [0.05, 0.1) is 0 Å². The van der Waals surface area contributed by atoms with Crippen LogP contribution >= 0.6 is 12.4 Å². The van der Waals surface area contributed by atoms with E-state index in [4.69, 9.17) is 5.73 Å². The van der Waals surface area contributed by atoms with E-state index >= 15 is 0 Å². The number of nitrogens with one attached hydrogen (secondary N) is 1. The maximum Gasteiger partial charge on any atom is 0.248 e. The quantitative estimate of drug-likeness (QED) is 0.784. The van der Waals surface area contributed by atoms with Gasteiger partial charge >= 0.3 is 0 Å². The van der Waals surface area contributed by atoms with Crippen molar-refractivity contribution in [2.75, 3.05) is 13.1 Å². The van der Waals surface area contributed by atoms with Crippen LogP contribution < -0.4 is 11.1 Å². The highest BCUT2D eigenvalue weighted by molar-refractivity contribution is 5.85. The largest absolute Gasteiger partial charge is 0.355 e. The highest BCUT2D eigenvalue weighted by Gasteiger charge is 2.37. The van der Waals surface area contributed by atoms with Crippen LogP contribution in [-0.4, -0.2) is 24.9 Å². The van der Waals surface area contributed by atoms with E-state index in [1.54, 1.807) is 0 Å². The molecule has 0 aromatic heterocycles. The molecule has 0 radical (unpaired) electrons. The maximum atomic E-state index is 12.7. The summed E-state index contributed by atoms with van der Waals surface area (Å²) in [5.74, 6) is -2.95. The number of carbonyl (C=O) groups excluding carboxylic acids is 1. The van der Waals surface area contributed by atoms with Gasteiger partial charge in [0, 0.05) is 31.8 Å². The predicted octanol–water partition coefficient (Wildman–Crippen LogP) is 1.31. The lowest BCUT2D eigenvalue weighted by atomic mass is 9.86. The Bertz CT molecular complexity index is 204. The first-order valence-electron chi connectivity index (χ1n) is 4.91. The van der Waals surface area contributed by atoms with Crippen LogP contribution in [-0.2, 0) is 4.79 Å². The van der Waals surface area contributed by atoms with Crippen molar-refractivity contribution in [2.45, 2.75) is 31.6 Å². The Balaban J connectivity index is 0.00000196. The van der Waals surface area contributed by atoms with Gasteiger partial charge in [-0.25, -0.2) is 8.78 Å². The molecule has 3 nitrogen and oxygen atoms in total. The van der Waals surface area contributed by atoms with Crippen LogP contribution in [0.4, 0.5) is 8.78 Å². The molecule has 15 heavy (non-hydrogen) atoms. The van der Waals surface area contributed by atoms with Crippen molar-refractivity contribution < 1.29 is 13.6 Å². The second-order valence-electron chi connectivity index (χ2n) is 3.71. The van der Waals surface area contributed by atoms with Gasteiger partial charge in [0.1, 0.15) is 0 Å². The molecule has 0 atom stereocenters. The molecule has 0 heterocycles. The summed E-state index contributed by atoms with van der Waals surface area (Å²) in [5.41, 5.74) is 5.21. The van der Waals surface area contributed by atoms with Crippen molar-refractivity contribution in [1.29, 1.82) is 0 Å². The van der Waals surface area contributed by atoms with Gasteiger partial charge in [-0.3, -0.25) is 4.79 Å². The molecule has 1 aliphatic rings. The molecule has 1 rings (SSSR count). The van der Waals surface area contributed by atoms with Crippen molar-refractivity contribution >= 4 is 18.3 Å². The SMILES string of the molecule is Cl.NCCNC(=O)C1CCC(F)(F)CC1. The van der Waals surface area contributed by atoms with Gasteiger partial charge in [0.2, 0.25) is 11.8 Å². The van der Waals surface area contributed by atoms with Crippen molar-refractivity contribution in [2.24, 2.45) is 11.7 Å². The van der Waals surface area contributed by atoms with Crippen LogP contribution in [0, 0.1) is 5.92 Å². The molecule has 0 spiro atoms. The van der Waals surface area contributed by atoms with Crippen molar-refractivity contribution in [1.82, 2.24) is 5.32 Å². The summed E-state index contributed by atoms with van der Waals surface area (Å²) >= 11 is 0. The van der Waals surface area contributed by atoms with Gasteiger partial charge in [-0.2, -0.15) is 0 Å². The molecule has 1 fully saturated rings. The van der Waals surface area contributed by atoms with Gasteiger partial charge in [-0.05, 0) is 12.8 Å². The van der Waals surface area contributed by atoms with E-state index in [0.29, 0.717) is 13.1 Å². The van der Waals surface area contributed by atoms with Crippen LogP contribution in [0.25, 0.3) is 0 Å². The summed E-state index contributed by atoms with van der Waals surface area (Å²) in [4.78, 5) is 11.4. The van der Waals surface area contributed by atoms with Crippen molar-refractivity contribution in [3.05, 3.63) is 0 Å². The van der Waals surface area contributed by atoms with E-state index in [2.05, 4.69) is 5.32 Å². The Kier molecular flexibility index (Phi) is 6.05. The molecule has 1 aliphatic carbocycles. The molecular weight excluding hydrogens is 226 g/mol. The van der Waals surface area contributed by atoms with Crippen molar-refractivity contribution in [3.63, 3.8) is 0 Å². The van der Waals surface area contributed by atoms with Gasteiger partial charge in [-0.15, -0.1) is 12.4 Å². The van der Waals surface area contributed by atoms with Crippen molar-refractivity contribution in [3.8, 4) is 0 Å². The van der Waals surface area contributed by atoms with Gasteiger partial charge in [-0.1, -0.05) is 0 Å². The first-order chi connectivity index (χ1) is 6.55. The maximum absolute atomic E-state index is 12.7. The number of nitrogens with two attached hydrogens (primary N) is 1. The standard InChI is InChI=1S/C9H16F2N2O.ClH/c10-9(11)3-1-7(2-4-9)8(14)13-6-5-12;/h7H,1-6,12H2,(H,13,14);1H. The molecule has 0 saturated heterocycles.